The van der Waals surface area contributed by atoms with Crippen LogP contribution in [0.1, 0.15) is 40.5 Å². The Labute approximate surface area is 112 Å². The lowest BCUT2D eigenvalue weighted by Crippen LogP contribution is -2.14. The summed E-state index contributed by atoms with van der Waals surface area (Å²) in [4.78, 5) is 44.5. The maximum Gasteiger partial charge on any atom is 0.341 e. The predicted molar refractivity (Wildman–Crippen MR) is 69.2 cm³/mol. The van der Waals surface area contributed by atoms with Crippen LogP contribution in [0.5, 0.6) is 0 Å². The Morgan fingerprint density at radius 3 is 1.32 bits per heavy atom. The number of carbonyl (C=O) groups is 4. The Morgan fingerprint density at radius 1 is 0.737 bits per heavy atom. The highest BCUT2D eigenvalue weighted by Crippen LogP contribution is 2.04. The van der Waals surface area contributed by atoms with E-state index in [9.17, 15) is 19.2 Å². The summed E-state index contributed by atoms with van der Waals surface area (Å²) in [6.07, 6.45) is 3.06. The van der Waals surface area contributed by atoms with Crippen LogP contribution in [0.15, 0.2) is 23.3 Å². The maximum absolute atomic E-state index is 11.5. The summed E-state index contributed by atoms with van der Waals surface area (Å²) < 4.78 is 4.60. The summed E-state index contributed by atoms with van der Waals surface area (Å²) in [5, 5.41) is 0. The largest absolute Gasteiger partial charge is 0.386 e. The van der Waals surface area contributed by atoms with Gasteiger partial charge in [-0.25, -0.2) is 9.59 Å². The average molecular weight is 266 g/mol. The molecule has 0 N–H and O–H groups in total. The molecule has 5 nitrogen and oxygen atoms in total. The van der Waals surface area contributed by atoms with E-state index in [0.717, 1.165) is 0 Å². The summed E-state index contributed by atoms with van der Waals surface area (Å²) >= 11 is 0. The predicted octanol–water partition coefficient (Wildman–Crippen LogP) is 1.91. The zero-order valence-corrected chi connectivity index (χ0v) is 11.6. The molecule has 104 valence electrons. The van der Waals surface area contributed by atoms with Crippen molar-refractivity contribution in [3.05, 3.63) is 23.3 Å². The molecular weight excluding hydrogens is 248 g/mol. The van der Waals surface area contributed by atoms with Crippen molar-refractivity contribution in [1.29, 1.82) is 0 Å². The Hall–Kier alpha value is -2.04. The van der Waals surface area contributed by atoms with E-state index in [0.29, 0.717) is 0 Å². The Bertz CT molecular complexity index is 412. The highest BCUT2D eigenvalue weighted by Gasteiger charge is 2.13. The van der Waals surface area contributed by atoms with Gasteiger partial charge in [-0.3, -0.25) is 9.59 Å². The van der Waals surface area contributed by atoms with E-state index in [4.69, 9.17) is 0 Å². The van der Waals surface area contributed by atoms with E-state index in [1.807, 2.05) is 0 Å². The molecule has 0 aliphatic carbocycles. The van der Waals surface area contributed by atoms with Crippen LogP contribution in [-0.4, -0.2) is 23.5 Å². The number of ketones is 2. The van der Waals surface area contributed by atoms with Crippen molar-refractivity contribution >= 4 is 23.5 Å². The number of ether oxygens (including phenoxy) is 1. The fourth-order valence-electron chi connectivity index (χ4n) is 1.01. The van der Waals surface area contributed by atoms with Gasteiger partial charge < -0.3 is 4.74 Å². The molecule has 0 fully saturated rings. The fraction of sp³-hybridized carbons (Fsp3) is 0.429. The molecule has 0 radical (unpaired) electrons. The average Bonchev–Trinajstić information content (AvgIpc) is 2.32. The maximum atomic E-state index is 11.5. The SMILES string of the molecule is CC(=O)CC=C(C)C(=O)OC(=O)C(C)=CCC(C)=O. The van der Waals surface area contributed by atoms with Gasteiger partial charge in [-0.05, 0) is 27.7 Å². The van der Waals surface area contributed by atoms with E-state index in [-0.39, 0.29) is 35.6 Å². The van der Waals surface area contributed by atoms with Crippen LogP contribution in [0.2, 0.25) is 0 Å². The molecule has 0 heterocycles. The monoisotopic (exact) mass is 266 g/mol. The first-order valence-electron chi connectivity index (χ1n) is 5.83. The van der Waals surface area contributed by atoms with Gasteiger partial charge in [0.05, 0.1) is 0 Å². The second-order valence-electron chi connectivity index (χ2n) is 4.26. The normalized spacial score (nSPS) is 12.0. The molecule has 0 saturated heterocycles. The third kappa shape index (κ3) is 7.81. The molecule has 5 heteroatoms. The van der Waals surface area contributed by atoms with Crippen LogP contribution in [0.25, 0.3) is 0 Å². The van der Waals surface area contributed by atoms with E-state index in [1.165, 1.54) is 39.8 Å². The number of allylic oxidation sites excluding steroid dienone is 2. The number of hydrogen-bond acceptors (Lipinski definition) is 5. The van der Waals surface area contributed by atoms with Crippen LogP contribution >= 0.6 is 0 Å². The minimum atomic E-state index is -0.790. The molecular formula is C14H18O5. The summed E-state index contributed by atoms with van der Waals surface area (Å²) in [6.45, 7) is 5.73. The van der Waals surface area contributed by atoms with Crippen molar-refractivity contribution in [2.45, 2.75) is 40.5 Å². The molecule has 0 aromatic heterocycles. The molecule has 0 aliphatic heterocycles. The second-order valence-corrected chi connectivity index (χ2v) is 4.26. The molecule has 0 saturated carbocycles. The number of esters is 2. The van der Waals surface area contributed by atoms with E-state index >= 15 is 0 Å². The van der Waals surface area contributed by atoms with Crippen LogP contribution in [-0.2, 0) is 23.9 Å². The number of carbonyl (C=O) groups excluding carboxylic acids is 4. The molecule has 0 spiro atoms. The summed E-state index contributed by atoms with van der Waals surface area (Å²) in [6, 6.07) is 0. The van der Waals surface area contributed by atoms with Gasteiger partial charge in [0.1, 0.15) is 11.6 Å². The molecule has 0 rings (SSSR count). The number of rotatable bonds is 6. The van der Waals surface area contributed by atoms with Gasteiger partial charge in [-0.1, -0.05) is 12.2 Å². The van der Waals surface area contributed by atoms with Gasteiger partial charge in [0, 0.05) is 24.0 Å². The topological polar surface area (TPSA) is 77.5 Å². The van der Waals surface area contributed by atoms with Crippen LogP contribution in [0.3, 0.4) is 0 Å². The molecule has 0 amide bonds. The second kappa shape index (κ2) is 8.13. The lowest BCUT2D eigenvalue weighted by Gasteiger charge is -2.03. The Kier molecular flexibility index (Phi) is 7.26. The van der Waals surface area contributed by atoms with Crippen LogP contribution in [0.4, 0.5) is 0 Å². The lowest BCUT2D eigenvalue weighted by atomic mass is 10.2. The van der Waals surface area contributed by atoms with Crippen molar-refractivity contribution < 1.29 is 23.9 Å². The zero-order chi connectivity index (χ0) is 15.0. The highest BCUT2D eigenvalue weighted by atomic mass is 16.6. The van der Waals surface area contributed by atoms with Gasteiger partial charge in [0.25, 0.3) is 0 Å². The smallest absolute Gasteiger partial charge is 0.341 e. The minimum absolute atomic E-state index is 0.0870. The summed E-state index contributed by atoms with van der Waals surface area (Å²) in [5.41, 5.74) is 0.394. The van der Waals surface area contributed by atoms with Crippen molar-refractivity contribution in [3.63, 3.8) is 0 Å². The summed E-state index contributed by atoms with van der Waals surface area (Å²) in [7, 11) is 0. The third-order valence-electron chi connectivity index (χ3n) is 2.22. The van der Waals surface area contributed by atoms with Crippen LogP contribution in [0, 0.1) is 0 Å². The van der Waals surface area contributed by atoms with Crippen molar-refractivity contribution in [2.24, 2.45) is 0 Å². The molecule has 19 heavy (non-hydrogen) atoms. The first-order chi connectivity index (χ1) is 8.73. The summed E-state index contributed by atoms with van der Waals surface area (Å²) in [5.74, 6) is -1.75. The van der Waals surface area contributed by atoms with Gasteiger partial charge in [-0.15, -0.1) is 0 Å². The zero-order valence-electron chi connectivity index (χ0n) is 11.6. The van der Waals surface area contributed by atoms with Crippen LogP contribution < -0.4 is 0 Å². The molecule has 0 aromatic rings. The molecule has 0 atom stereocenters. The number of hydrogen-bond donors (Lipinski definition) is 0. The Morgan fingerprint density at radius 2 is 1.05 bits per heavy atom. The molecule has 0 aliphatic rings. The highest BCUT2D eigenvalue weighted by molar-refractivity contribution is 6.01. The molecule has 0 bridgehead atoms. The van der Waals surface area contributed by atoms with E-state index < -0.39 is 11.9 Å². The van der Waals surface area contributed by atoms with Crippen molar-refractivity contribution in [3.8, 4) is 0 Å². The van der Waals surface area contributed by atoms with Crippen molar-refractivity contribution in [1.82, 2.24) is 0 Å². The lowest BCUT2D eigenvalue weighted by molar-refractivity contribution is -0.154. The van der Waals surface area contributed by atoms with Gasteiger partial charge in [0.15, 0.2) is 0 Å². The third-order valence-corrected chi connectivity index (χ3v) is 2.22. The standard InChI is InChI=1S/C14H18O5/c1-9(5-7-11(3)15)13(17)19-14(18)10(2)6-8-12(4)16/h5-6H,7-8H2,1-4H3. The van der Waals surface area contributed by atoms with Gasteiger partial charge in [-0.2, -0.15) is 0 Å². The van der Waals surface area contributed by atoms with Crippen molar-refractivity contribution in [2.75, 3.05) is 0 Å². The quantitative estimate of drug-likeness (QED) is 0.417. The molecule has 0 aromatic carbocycles. The van der Waals surface area contributed by atoms with Gasteiger partial charge in [0.2, 0.25) is 0 Å². The van der Waals surface area contributed by atoms with E-state index in [2.05, 4.69) is 4.74 Å². The Balaban J connectivity index is 4.52. The minimum Gasteiger partial charge on any atom is -0.386 e. The fourth-order valence-corrected chi connectivity index (χ4v) is 1.01. The number of Topliss-reactive ketones (excluding diaryl/α,β-unsaturated/α-hetero) is 2. The first-order valence-corrected chi connectivity index (χ1v) is 5.83. The van der Waals surface area contributed by atoms with Gasteiger partial charge >= 0.3 is 11.9 Å². The molecule has 0 unspecified atom stereocenters. The van der Waals surface area contributed by atoms with E-state index in [1.54, 1.807) is 0 Å². The first kappa shape index (κ1) is 17.0.